The van der Waals surface area contributed by atoms with Crippen molar-refractivity contribution in [2.75, 3.05) is 45.8 Å². The molecule has 1 unspecified atom stereocenters. The summed E-state index contributed by atoms with van der Waals surface area (Å²) in [7, 11) is 0. The highest BCUT2D eigenvalue weighted by atomic mass is 35.5. The minimum Gasteiger partial charge on any atom is -0.336 e. The Morgan fingerprint density at radius 3 is 2.58 bits per heavy atom. The van der Waals surface area contributed by atoms with Crippen molar-refractivity contribution in [2.45, 2.75) is 20.3 Å². The van der Waals surface area contributed by atoms with Crippen molar-refractivity contribution in [2.24, 2.45) is 5.41 Å². The molecule has 2 aliphatic heterocycles. The van der Waals surface area contributed by atoms with Gasteiger partial charge < -0.3 is 10.2 Å². The van der Waals surface area contributed by atoms with Crippen LogP contribution in [0.1, 0.15) is 29.3 Å². The Bertz CT molecular complexity index is 582. The first-order valence-corrected chi connectivity index (χ1v) is 8.45. The Hall–Kier alpha value is -1.17. The van der Waals surface area contributed by atoms with E-state index < -0.39 is 0 Å². The van der Waals surface area contributed by atoms with Crippen molar-refractivity contribution in [3.63, 3.8) is 0 Å². The lowest BCUT2D eigenvalue weighted by Gasteiger charge is -2.38. The second kappa shape index (κ2) is 7.81. The maximum Gasteiger partial charge on any atom is 0.254 e. The third kappa shape index (κ3) is 4.26. The van der Waals surface area contributed by atoms with E-state index >= 15 is 0 Å². The summed E-state index contributed by atoms with van der Waals surface area (Å²) in [5.74, 6) is -0.367. The molecule has 4 nitrogen and oxygen atoms in total. The zero-order chi connectivity index (χ0) is 16.4. The van der Waals surface area contributed by atoms with Crippen molar-refractivity contribution in [1.29, 1.82) is 0 Å². The molecule has 0 spiro atoms. The summed E-state index contributed by atoms with van der Waals surface area (Å²) >= 11 is 0. The smallest absolute Gasteiger partial charge is 0.254 e. The summed E-state index contributed by atoms with van der Waals surface area (Å²) in [6.45, 7) is 10.5. The van der Waals surface area contributed by atoms with Gasteiger partial charge in [0.05, 0.1) is 0 Å². The Balaban J connectivity index is 0.00000208. The normalized spacial score (nSPS) is 24.7. The molecule has 6 heteroatoms. The van der Waals surface area contributed by atoms with Gasteiger partial charge in [-0.25, -0.2) is 4.39 Å². The molecule has 2 heterocycles. The van der Waals surface area contributed by atoms with Crippen molar-refractivity contribution in [1.82, 2.24) is 15.1 Å². The molecule has 2 fully saturated rings. The SMILES string of the molecule is Cc1ccc(C(=O)N2CCN(CC3(C)CCNC3)CC2)cc1F.Cl. The average Bonchev–Trinajstić information content (AvgIpc) is 2.96. The van der Waals surface area contributed by atoms with Gasteiger partial charge in [0.1, 0.15) is 5.82 Å². The van der Waals surface area contributed by atoms with Gasteiger partial charge in [-0.1, -0.05) is 13.0 Å². The molecule has 2 saturated heterocycles. The summed E-state index contributed by atoms with van der Waals surface area (Å²) < 4.78 is 13.7. The lowest BCUT2D eigenvalue weighted by molar-refractivity contribution is 0.0581. The Morgan fingerprint density at radius 2 is 2.00 bits per heavy atom. The van der Waals surface area contributed by atoms with E-state index in [0.29, 0.717) is 16.5 Å². The third-order valence-electron chi connectivity index (χ3n) is 5.14. The molecule has 0 radical (unpaired) electrons. The highest BCUT2D eigenvalue weighted by Crippen LogP contribution is 2.26. The number of halogens is 2. The van der Waals surface area contributed by atoms with Gasteiger partial charge in [0.25, 0.3) is 5.91 Å². The first-order chi connectivity index (χ1) is 11.0. The van der Waals surface area contributed by atoms with E-state index in [1.54, 1.807) is 19.1 Å². The molecule has 134 valence electrons. The van der Waals surface area contributed by atoms with Crippen LogP contribution in [0.15, 0.2) is 18.2 Å². The number of carbonyl (C=O) groups is 1. The van der Waals surface area contributed by atoms with Gasteiger partial charge in [-0.3, -0.25) is 9.69 Å². The number of piperazine rings is 1. The fraction of sp³-hybridized carbons (Fsp3) is 0.611. The van der Waals surface area contributed by atoms with E-state index in [1.807, 2.05) is 4.90 Å². The van der Waals surface area contributed by atoms with E-state index in [4.69, 9.17) is 0 Å². The topological polar surface area (TPSA) is 35.6 Å². The Morgan fingerprint density at radius 1 is 1.29 bits per heavy atom. The van der Waals surface area contributed by atoms with Gasteiger partial charge in [-0.15, -0.1) is 12.4 Å². The van der Waals surface area contributed by atoms with Crippen LogP contribution in [0.2, 0.25) is 0 Å². The van der Waals surface area contributed by atoms with Crippen LogP contribution in [-0.2, 0) is 0 Å². The van der Waals surface area contributed by atoms with Crippen LogP contribution < -0.4 is 5.32 Å². The van der Waals surface area contributed by atoms with E-state index in [2.05, 4.69) is 17.1 Å². The largest absolute Gasteiger partial charge is 0.336 e. The Kier molecular flexibility index (Phi) is 6.23. The molecule has 1 N–H and O–H groups in total. The van der Waals surface area contributed by atoms with Crippen LogP contribution in [0.4, 0.5) is 4.39 Å². The number of amides is 1. The molecule has 3 rings (SSSR count). The number of hydrogen-bond acceptors (Lipinski definition) is 3. The van der Waals surface area contributed by atoms with E-state index in [1.165, 1.54) is 12.5 Å². The molecule has 1 aromatic carbocycles. The van der Waals surface area contributed by atoms with Gasteiger partial charge in [-0.2, -0.15) is 0 Å². The van der Waals surface area contributed by atoms with E-state index in [0.717, 1.165) is 45.8 Å². The minimum absolute atomic E-state index is 0. The molecule has 0 aliphatic carbocycles. The van der Waals surface area contributed by atoms with Crippen molar-refractivity contribution in [3.8, 4) is 0 Å². The fourth-order valence-electron chi connectivity index (χ4n) is 3.56. The molecule has 0 bridgehead atoms. The molecule has 24 heavy (non-hydrogen) atoms. The summed E-state index contributed by atoms with van der Waals surface area (Å²) in [5, 5.41) is 3.43. The Labute approximate surface area is 149 Å². The average molecular weight is 356 g/mol. The van der Waals surface area contributed by atoms with Crippen LogP contribution in [-0.4, -0.2) is 61.5 Å². The number of aryl methyl sites for hydroxylation is 1. The minimum atomic E-state index is -0.309. The first kappa shape index (κ1) is 19.2. The molecule has 2 aliphatic rings. The molecule has 1 aromatic rings. The summed E-state index contributed by atoms with van der Waals surface area (Å²) in [6, 6.07) is 4.75. The highest BCUT2D eigenvalue weighted by molar-refractivity contribution is 5.94. The van der Waals surface area contributed by atoms with Crippen LogP contribution >= 0.6 is 12.4 Å². The zero-order valence-electron chi connectivity index (χ0n) is 14.5. The lowest BCUT2D eigenvalue weighted by atomic mass is 9.89. The molecule has 1 atom stereocenters. The first-order valence-electron chi connectivity index (χ1n) is 8.45. The van der Waals surface area contributed by atoms with Crippen LogP contribution in [0.25, 0.3) is 0 Å². The quantitative estimate of drug-likeness (QED) is 0.903. The van der Waals surface area contributed by atoms with Crippen LogP contribution in [0.5, 0.6) is 0 Å². The number of benzene rings is 1. The number of rotatable bonds is 3. The predicted octanol–water partition coefficient (Wildman–Crippen LogP) is 2.31. The third-order valence-corrected chi connectivity index (χ3v) is 5.14. The maximum atomic E-state index is 13.7. The second-order valence-corrected chi connectivity index (χ2v) is 7.27. The fourth-order valence-corrected chi connectivity index (χ4v) is 3.56. The monoisotopic (exact) mass is 355 g/mol. The van der Waals surface area contributed by atoms with Crippen LogP contribution in [0.3, 0.4) is 0 Å². The van der Waals surface area contributed by atoms with Crippen molar-refractivity contribution >= 4 is 18.3 Å². The van der Waals surface area contributed by atoms with E-state index in [-0.39, 0.29) is 24.1 Å². The van der Waals surface area contributed by atoms with E-state index in [9.17, 15) is 9.18 Å². The van der Waals surface area contributed by atoms with Crippen LogP contribution in [0, 0.1) is 18.2 Å². The van der Waals surface area contributed by atoms with Crippen molar-refractivity contribution < 1.29 is 9.18 Å². The van der Waals surface area contributed by atoms with Crippen molar-refractivity contribution in [3.05, 3.63) is 35.1 Å². The maximum absolute atomic E-state index is 13.7. The number of hydrogen-bond donors (Lipinski definition) is 1. The zero-order valence-corrected chi connectivity index (χ0v) is 15.3. The second-order valence-electron chi connectivity index (χ2n) is 7.27. The molecular weight excluding hydrogens is 329 g/mol. The van der Waals surface area contributed by atoms with Gasteiger partial charge in [0.2, 0.25) is 0 Å². The van der Waals surface area contributed by atoms with Gasteiger partial charge in [0.15, 0.2) is 0 Å². The van der Waals surface area contributed by atoms with Gasteiger partial charge >= 0.3 is 0 Å². The summed E-state index contributed by atoms with van der Waals surface area (Å²) in [6.07, 6.45) is 1.22. The number of nitrogens with one attached hydrogen (secondary N) is 1. The molecule has 1 amide bonds. The van der Waals surface area contributed by atoms with Gasteiger partial charge in [-0.05, 0) is 43.0 Å². The standard InChI is InChI=1S/C18H26FN3O.ClH/c1-14-3-4-15(11-16(14)19)17(23)22-9-7-21(8-10-22)13-18(2)5-6-20-12-18;/h3-4,11,20H,5-10,12-13H2,1-2H3;1H. The molecule has 0 saturated carbocycles. The highest BCUT2D eigenvalue weighted by Gasteiger charge is 2.32. The summed E-state index contributed by atoms with van der Waals surface area (Å²) in [4.78, 5) is 16.8. The molecular formula is C18H27ClFN3O. The molecule has 0 aromatic heterocycles. The van der Waals surface area contributed by atoms with Gasteiger partial charge in [0, 0.05) is 44.8 Å². The summed E-state index contributed by atoms with van der Waals surface area (Å²) in [5.41, 5.74) is 1.38. The lowest BCUT2D eigenvalue weighted by Crippen LogP contribution is -2.51. The number of nitrogens with zero attached hydrogens (tertiary/aromatic N) is 2. The predicted molar refractivity (Wildman–Crippen MR) is 96.3 cm³/mol. The number of carbonyl (C=O) groups excluding carboxylic acids is 1.